The third-order valence-corrected chi connectivity index (χ3v) is 6.08. The lowest BCUT2D eigenvalue weighted by Gasteiger charge is -2.38. The molecule has 0 spiro atoms. The Morgan fingerprint density at radius 3 is 2.59 bits per heavy atom. The fraction of sp³-hybridized carbons (Fsp3) is 0.296. The van der Waals surface area contributed by atoms with E-state index < -0.39 is 30.5 Å². The molecule has 5 rings (SSSR count). The smallest absolute Gasteiger partial charge is 0.282 e. The fourth-order valence-electron chi connectivity index (χ4n) is 4.29. The Bertz CT molecular complexity index is 1470. The molecule has 1 aliphatic rings. The zero-order valence-corrected chi connectivity index (χ0v) is 20.7. The Kier molecular flexibility index (Phi) is 6.07. The maximum Gasteiger partial charge on any atom is 0.282 e. The minimum absolute atomic E-state index is 0.277. The fourth-order valence-corrected chi connectivity index (χ4v) is 4.29. The van der Waals surface area contributed by atoms with Crippen LogP contribution in [-0.2, 0) is 6.54 Å². The molecule has 2 aromatic heterocycles. The van der Waals surface area contributed by atoms with Crippen LogP contribution in [0.25, 0.3) is 21.9 Å². The van der Waals surface area contributed by atoms with Crippen LogP contribution in [0, 0.1) is 0 Å². The molecule has 0 saturated carbocycles. The van der Waals surface area contributed by atoms with Crippen LogP contribution in [0.15, 0.2) is 61.1 Å². The third-order valence-electron chi connectivity index (χ3n) is 6.08. The number of carbonyl (C=O) groups excluding carboxylic acids is 1. The predicted molar refractivity (Wildman–Crippen MR) is 136 cm³/mol. The van der Waals surface area contributed by atoms with Crippen molar-refractivity contribution in [2.75, 3.05) is 25.5 Å². The minimum atomic E-state index is -2.82. The van der Waals surface area contributed by atoms with Gasteiger partial charge in [0.05, 0.1) is 44.2 Å². The normalized spacial score (nSPS) is 14.9. The highest BCUT2D eigenvalue weighted by Crippen LogP contribution is 2.33. The molecule has 0 bridgehead atoms. The maximum absolute atomic E-state index is 13.2. The molecule has 0 radical (unpaired) electrons. The van der Waals surface area contributed by atoms with Crippen LogP contribution < -0.4 is 10.1 Å². The Balaban J connectivity index is 1.36. The number of fused-ring (bicyclic) bond motifs is 1. The van der Waals surface area contributed by atoms with Gasteiger partial charge in [-0.1, -0.05) is 12.1 Å². The van der Waals surface area contributed by atoms with E-state index in [9.17, 15) is 18.7 Å². The van der Waals surface area contributed by atoms with E-state index >= 15 is 0 Å². The summed E-state index contributed by atoms with van der Waals surface area (Å²) >= 11 is 0. The Morgan fingerprint density at radius 2 is 1.89 bits per heavy atom. The largest absolute Gasteiger partial charge is 0.495 e. The highest BCUT2D eigenvalue weighted by Gasteiger charge is 2.46. The van der Waals surface area contributed by atoms with E-state index in [0.29, 0.717) is 23.8 Å². The Morgan fingerprint density at radius 1 is 1.11 bits per heavy atom. The molecule has 4 aromatic rings. The van der Waals surface area contributed by atoms with E-state index in [-0.39, 0.29) is 5.56 Å². The van der Waals surface area contributed by atoms with E-state index in [1.54, 1.807) is 43.1 Å². The van der Waals surface area contributed by atoms with Crippen molar-refractivity contribution in [2.45, 2.75) is 31.9 Å². The number of nitrogens with one attached hydrogen (secondary N) is 1. The van der Waals surface area contributed by atoms with Crippen molar-refractivity contribution in [3.8, 4) is 16.9 Å². The summed E-state index contributed by atoms with van der Waals surface area (Å²) in [5.41, 5.74) is 1.90. The number of alkyl halides is 2. The van der Waals surface area contributed by atoms with Crippen molar-refractivity contribution >= 4 is 28.2 Å². The minimum Gasteiger partial charge on any atom is -0.495 e. The summed E-state index contributed by atoms with van der Waals surface area (Å²) < 4.78 is 33.5. The van der Waals surface area contributed by atoms with Crippen LogP contribution in [0.5, 0.6) is 5.75 Å². The van der Waals surface area contributed by atoms with Crippen LogP contribution in [0.3, 0.4) is 0 Å². The Labute approximate surface area is 212 Å². The molecule has 0 aliphatic carbocycles. The van der Waals surface area contributed by atoms with E-state index in [1.807, 2.05) is 30.5 Å². The number of methoxy groups -OCH3 is 1. The molecule has 37 heavy (non-hydrogen) atoms. The quantitative estimate of drug-likeness (QED) is 0.376. The summed E-state index contributed by atoms with van der Waals surface area (Å²) in [4.78, 5) is 18.1. The van der Waals surface area contributed by atoms with E-state index in [2.05, 4.69) is 15.4 Å². The van der Waals surface area contributed by atoms with Crippen molar-refractivity contribution in [2.24, 2.45) is 0 Å². The van der Waals surface area contributed by atoms with Gasteiger partial charge in [-0.3, -0.25) is 9.48 Å². The Hall–Kier alpha value is -4.05. The maximum atomic E-state index is 13.2. The van der Waals surface area contributed by atoms with Crippen LogP contribution in [0.2, 0.25) is 0 Å². The molecule has 2 N–H and O–H groups in total. The molecule has 192 valence electrons. The van der Waals surface area contributed by atoms with Gasteiger partial charge in [0.15, 0.2) is 0 Å². The molecule has 1 saturated heterocycles. The van der Waals surface area contributed by atoms with Crippen LogP contribution >= 0.6 is 0 Å². The van der Waals surface area contributed by atoms with Gasteiger partial charge in [0.2, 0.25) is 0 Å². The molecule has 0 atom stereocenters. The number of benzene rings is 2. The van der Waals surface area contributed by atoms with Gasteiger partial charge in [-0.25, -0.2) is 13.8 Å². The molecular weight excluding hydrogens is 480 g/mol. The number of carbonyl (C=O) groups is 1. The SMILES string of the molecule is COc1cc(C(=O)N2CC(F)(F)C2)ccc1Nc1cc2cc(-c3cnn(CC(C)(C)O)c3)ccc2cn1. The zero-order valence-electron chi connectivity index (χ0n) is 20.7. The molecule has 3 heterocycles. The monoisotopic (exact) mass is 507 g/mol. The second-order valence-corrected chi connectivity index (χ2v) is 9.93. The lowest BCUT2D eigenvalue weighted by molar-refractivity contribution is -0.113. The van der Waals surface area contributed by atoms with Crippen molar-refractivity contribution in [1.29, 1.82) is 0 Å². The second kappa shape index (κ2) is 9.11. The highest BCUT2D eigenvalue weighted by molar-refractivity contribution is 5.96. The van der Waals surface area contributed by atoms with Crippen molar-refractivity contribution in [1.82, 2.24) is 19.7 Å². The first-order valence-electron chi connectivity index (χ1n) is 11.8. The summed E-state index contributed by atoms with van der Waals surface area (Å²) in [6, 6.07) is 12.7. The number of likely N-dealkylation sites (tertiary alicyclic amines) is 1. The van der Waals surface area contributed by atoms with Gasteiger partial charge in [0.1, 0.15) is 11.6 Å². The van der Waals surface area contributed by atoms with Crippen molar-refractivity contribution in [3.63, 3.8) is 0 Å². The van der Waals surface area contributed by atoms with Gasteiger partial charge in [-0.15, -0.1) is 0 Å². The molecule has 1 fully saturated rings. The van der Waals surface area contributed by atoms with Gasteiger partial charge in [0.25, 0.3) is 11.8 Å². The molecule has 2 aromatic carbocycles. The molecule has 8 nitrogen and oxygen atoms in total. The molecule has 10 heteroatoms. The standard InChI is InChI=1S/C27H27F2N5O3/c1-26(2,36)14-34-13-21(12-31-34)17-4-5-19-11-30-24(10-20(19)8-17)32-22-7-6-18(9-23(22)37-3)25(35)33-15-27(28,29)16-33/h4-13,36H,14-16H2,1-3H3,(H,30,32). The number of amides is 1. The number of pyridine rings is 1. The van der Waals surface area contributed by atoms with Gasteiger partial charge in [-0.05, 0) is 55.1 Å². The number of anilines is 2. The number of halogens is 2. The van der Waals surface area contributed by atoms with Crippen molar-refractivity contribution < 1.29 is 23.4 Å². The molecule has 1 aliphatic heterocycles. The number of hydrogen-bond acceptors (Lipinski definition) is 6. The molecule has 0 unspecified atom stereocenters. The average Bonchev–Trinajstić information content (AvgIpc) is 3.28. The number of hydrogen-bond donors (Lipinski definition) is 2. The highest BCUT2D eigenvalue weighted by atomic mass is 19.3. The molecule has 1 amide bonds. The third kappa shape index (κ3) is 5.39. The summed E-state index contributed by atoms with van der Waals surface area (Å²) in [6.07, 6.45) is 5.42. The predicted octanol–water partition coefficient (Wildman–Crippen LogP) is 4.71. The first-order chi connectivity index (χ1) is 17.5. The van der Waals surface area contributed by atoms with E-state index in [1.165, 1.54) is 13.2 Å². The summed E-state index contributed by atoms with van der Waals surface area (Å²) in [5.74, 6) is -2.31. The van der Waals surface area contributed by atoms with Crippen molar-refractivity contribution in [3.05, 3.63) is 66.6 Å². The first kappa shape index (κ1) is 24.6. The topological polar surface area (TPSA) is 92.5 Å². The lowest BCUT2D eigenvalue weighted by Crippen LogP contribution is -2.58. The zero-order chi connectivity index (χ0) is 26.4. The number of ether oxygens (including phenoxy) is 1. The summed E-state index contributed by atoms with van der Waals surface area (Å²) in [7, 11) is 1.48. The molecular formula is C27H27F2N5O3. The van der Waals surface area contributed by atoms with Gasteiger partial charge in [0, 0.05) is 28.9 Å². The second-order valence-electron chi connectivity index (χ2n) is 9.93. The van der Waals surface area contributed by atoms with Gasteiger partial charge in [-0.2, -0.15) is 5.10 Å². The summed E-state index contributed by atoms with van der Waals surface area (Å²) in [5, 5.41) is 19.5. The van der Waals surface area contributed by atoms with E-state index in [4.69, 9.17) is 4.74 Å². The summed E-state index contributed by atoms with van der Waals surface area (Å²) in [6.45, 7) is 2.71. The first-order valence-corrected chi connectivity index (χ1v) is 11.8. The van der Waals surface area contributed by atoms with Crippen LogP contribution in [0.1, 0.15) is 24.2 Å². The average molecular weight is 508 g/mol. The van der Waals surface area contributed by atoms with Crippen LogP contribution in [0.4, 0.5) is 20.3 Å². The lowest BCUT2D eigenvalue weighted by atomic mass is 10.0. The number of aliphatic hydroxyl groups is 1. The number of nitrogens with zero attached hydrogens (tertiary/aromatic N) is 4. The van der Waals surface area contributed by atoms with Gasteiger partial charge < -0.3 is 20.1 Å². The van der Waals surface area contributed by atoms with Gasteiger partial charge >= 0.3 is 0 Å². The number of rotatable bonds is 7. The van der Waals surface area contributed by atoms with E-state index in [0.717, 1.165) is 26.8 Å². The van der Waals surface area contributed by atoms with Crippen LogP contribution in [-0.4, -0.2) is 62.4 Å². The number of aromatic nitrogens is 3.